The number of unbranched alkanes of at least 4 members (excludes halogenated alkanes) is 2. The van der Waals surface area contributed by atoms with Crippen LogP contribution in [0.1, 0.15) is 105 Å². The minimum atomic E-state index is -1.16. The molecule has 5 amide bonds. The summed E-state index contributed by atoms with van der Waals surface area (Å²) < 4.78 is 12.2. The topological polar surface area (TPSA) is 184 Å². The van der Waals surface area contributed by atoms with Crippen molar-refractivity contribution >= 4 is 29.5 Å². The third-order valence-electron chi connectivity index (χ3n) is 10.2. The van der Waals surface area contributed by atoms with Gasteiger partial charge in [0.15, 0.2) is 0 Å². The predicted octanol–water partition coefficient (Wildman–Crippen LogP) is 1.94. The lowest BCUT2D eigenvalue weighted by molar-refractivity contribution is -0.147. The number of likely N-dealkylation sites (N-methyl/N-ethyl adjacent to an activating group) is 1. The lowest BCUT2D eigenvalue weighted by Gasteiger charge is -2.36. The number of amides is 5. The molecule has 2 fully saturated rings. The van der Waals surface area contributed by atoms with E-state index >= 15 is 0 Å². The van der Waals surface area contributed by atoms with Crippen LogP contribution < -0.4 is 27.0 Å². The van der Waals surface area contributed by atoms with Crippen molar-refractivity contribution in [3.05, 3.63) is 0 Å². The molecule has 1 saturated carbocycles. The van der Waals surface area contributed by atoms with Crippen molar-refractivity contribution in [2.45, 2.75) is 142 Å². The molecule has 1 heterocycles. The van der Waals surface area contributed by atoms with Crippen LogP contribution in [0.4, 0.5) is 0 Å². The summed E-state index contributed by atoms with van der Waals surface area (Å²) in [7, 11) is 5.57. The summed E-state index contributed by atoms with van der Waals surface area (Å²) in [6.45, 7) is 10.7. The minimum Gasteiger partial charge on any atom is -0.379 e. The van der Waals surface area contributed by atoms with Crippen molar-refractivity contribution in [2.24, 2.45) is 23.5 Å². The highest BCUT2D eigenvalue weighted by Gasteiger charge is 2.39. The van der Waals surface area contributed by atoms with E-state index < -0.39 is 65.9 Å². The van der Waals surface area contributed by atoms with E-state index in [9.17, 15) is 24.0 Å². The Morgan fingerprint density at radius 1 is 0.885 bits per heavy atom. The molecule has 0 radical (unpaired) electrons. The van der Waals surface area contributed by atoms with Gasteiger partial charge in [-0.3, -0.25) is 24.0 Å². The van der Waals surface area contributed by atoms with Crippen molar-refractivity contribution in [1.29, 1.82) is 0 Å². The Hall–Kier alpha value is -2.81. The molecule has 0 bridgehead atoms. The van der Waals surface area contributed by atoms with Crippen LogP contribution in [0.5, 0.6) is 0 Å². The van der Waals surface area contributed by atoms with E-state index in [2.05, 4.69) is 28.2 Å². The van der Waals surface area contributed by atoms with E-state index in [0.717, 1.165) is 64.3 Å². The average molecular weight is 738 g/mol. The van der Waals surface area contributed by atoms with Gasteiger partial charge in [0.25, 0.3) is 0 Å². The van der Waals surface area contributed by atoms with Gasteiger partial charge >= 0.3 is 0 Å². The standard InChI is InChI=1S/C38H71N7O7/c1-9-10-12-18-32-27(5)38(50)45(8)31(21-25(2)3)36(48)43-33(28-16-13-11-14-17-28)37(49)41-29(22-39)34(46)42-30(24-51-20-15-19-44(6)7)35(47)40-26(4)23-52-32/h25-33H,9-24,39H2,1-8H3,(H,40,47)(H,41,49)(H,42,46)(H,43,48)/t26-,27-,29+,30+,31+,32-,33+/m1/s1. The number of nitrogens with two attached hydrogens (primary N) is 1. The van der Waals surface area contributed by atoms with Crippen molar-refractivity contribution in [3.63, 3.8) is 0 Å². The summed E-state index contributed by atoms with van der Waals surface area (Å²) >= 11 is 0. The number of nitrogens with zero attached hydrogens (tertiary/aromatic N) is 2. The molecule has 7 atom stereocenters. The highest BCUT2D eigenvalue weighted by molar-refractivity contribution is 5.96. The van der Waals surface area contributed by atoms with E-state index in [1.807, 2.05) is 39.8 Å². The molecule has 2 aliphatic rings. The minimum absolute atomic E-state index is 0.0840. The molecule has 6 N–H and O–H groups in total. The maximum atomic E-state index is 14.2. The zero-order chi connectivity index (χ0) is 38.8. The van der Waals surface area contributed by atoms with Crippen molar-refractivity contribution in [3.8, 4) is 0 Å². The summed E-state index contributed by atoms with van der Waals surface area (Å²) in [6.07, 6.45) is 8.51. The number of carbonyl (C=O) groups excluding carboxylic acids is 5. The molecule has 0 unspecified atom stereocenters. The Balaban J connectivity index is 2.52. The Labute approximate surface area is 312 Å². The monoisotopic (exact) mass is 738 g/mol. The molecule has 0 aromatic carbocycles. The molecule has 52 heavy (non-hydrogen) atoms. The van der Waals surface area contributed by atoms with Gasteiger partial charge in [-0.25, -0.2) is 0 Å². The smallest absolute Gasteiger partial charge is 0.245 e. The van der Waals surface area contributed by atoms with Crippen LogP contribution in [0.15, 0.2) is 0 Å². The van der Waals surface area contributed by atoms with Gasteiger partial charge in [0, 0.05) is 26.2 Å². The fourth-order valence-corrected chi connectivity index (χ4v) is 6.99. The number of hydrogen-bond donors (Lipinski definition) is 5. The highest BCUT2D eigenvalue weighted by atomic mass is 16.5. The molecular formula is C38H71N7O7. The van der Waals surface area contributed by atoms with E-state index in [1.54, 1.807) is 14.0 Å². The van der Waals surface area contributed by atoms with Crippen molar-refractivity contribution in [1.82, 2.24) is 31.1 Å². The molecule has 0 spiro atoms. The maximum absolute atomic E-state index is 14.2. The first-order valence-corrected chi connectivity index (χ1v) is 19.7. The average Bonchev–Trinajstić information content (AvgIpc) is 3.11. The van der Waals surface area contributed by atoms with Crippen molar-refractivity contribution in [2.75, 3.05) is 54.1 Å². The number of hydrogen-bond acceptors (Lipinski definition) is 9. The second-order valence-electron chi connectivity index (χ2n) is 15.6. The van der Waals surface area contributed by atoms with Crippen LogP contribution in [-0.4, -0.2) is 130 Å². The summed E-state index contributed by atoms with van der Waals surface area (Å²) in [5.74, 6) is -2.88. The molecule has 2 rings (SSSR count). The predicted molar refractivity (Wildman–Crippen MR) is 202 cm³/mol. The second kappa shape index (κ2) is 23.8. The zero-order valence-corrected chi connectivity index (χ0v) is 33.3. The molecule has 300 valence electrons. The SMILES string of the molecule is CCCCC[C@H]1OC[C@@H](C)NC(=O)[C@H](COCCCN(C)C)NC(=O)[C@H](CN)NC(=O)[C@H](C2CCCCC2)NC(=O)[C@H](CC(C)C)N(C)C(=O)[C@@H]1C. The van der Waals surface area contributed by atoms with Gasteiger partial charge in [-0.15, -0.1) is 0 Å². The van der Waals surface area contributed by atoms with Gasteiger partial charge in [0.2, 0.25) is 29.5 Å². The van der Waals surface area contributed by atoms with Crippen LogP contribution in [0.25, 0.3) is 0 Å². The number of ether oxygens (including phenoxy) is 2. The fraction of sp³-hybridized carbons (Fsp3) is 0.868. The Bertz CT molecular complexity index is 1120. The maximum Gasteiger partial charge on any atom is 0.245 e. The lowest BCUT2D eigenvalue weighted by Crippen LogP contribution is -2.62. The zero-order valence-electron chi connectivity index (χ0n) is 33.3. The molecule has 14 heteroatoms. The Kier molecular flexibility index (Phi) is 20.7. The molecular weight excluding hydrogens is 666 g/mol. The Morgan fingerprint density at radius 2 is 1.54 bits per heavy atom. The van der Waals surface area contributed by atoms with Gasteiger partial charge in [0.1, 0.15) is 24.2 Å². The van der Waals surface area contributed by atoms with Gasteiger partial charge in [-0.2, -0.15) is 0 Å². The Morgan fingerprint density at radius 3 is 2.15 bits per heavy atom. The van der Waals surface area contributed by atoms with Crippen LogP contribution in [0.3, 0.4) is 0 Å². The molecule has 14 nitrogen and oxygen atoms in total. The molecule has 0 aromatic heterocycles. The normalized spacial score (nSPS) is 28.5. The fourth-order valence-electron chi connectivity index (χ4n) is 6.99. The van der Waals surface area contributed by atoms with E-state index in [1.165, 1.54) is 4.90 Å². The third-order valence-corrected chi connectivity index (χ3v) is 10.2. The summed E-state index contributed by atoms with van der Waals surface area (Å²) in [6, 6.07) is -4.45. The van der Waals surface area contributed by atoms with Crippen LogP contribution in [-0.2, 0) is 33.4 Å². The van der Waals surface area contributed by atoms with E-state index in [4.69, 9.17) is 15.2 Å². The molecule has 1 aliphatic heterocycles. The van der Waals surface area contributed by atoms with Gasteiger partial charge < -0.3 is 46.3 Å². The third kappa shape index (κ3) is 15.3. The van der Waals surface area contributed by atoms with Crippen LogP contribution >= 0.6 is 0 Å². The number of rotatable bonds is 14. The summed E-state index contributed by atoms with van der Waals surface area (Å²) in [4.78, 5) is 73.1. The quantitative estimate of drug-likeness (QED) is 0.166. The first-order valence-electron chi connectivity index (χ1n) is 19.7. The number of carbonyl (C=O) groups is 5. The van der Waals surface area contributed by atoms with Crippen LogP contribution in [0, 0.1) is 17.8 Å². The highest BCUT2D eigenvalue weighted by Crippen LogP contribution is 2.28. The molecule has 1 aliphatic carbocycles. The summed E-state index contributed by atoms with van der Waals surface area (Å²) in [5.41, 5.74) is 6.03. The van der Waals surface area contributed by atoms with E-state index in [0.29, 0.717) is 19.4 Å². The van der Waals surface area contributed by atoms with Crippen LogP contribution in [0.2, 0.25) is 0 Å². The first kappa shape index (κ1) is 45.3. The molecule has 0 aromatic rings. The van der Waals surface area contributed by atoms with E-state index in [-0.39, 0.29) is 37.5 Å². The number of nitrogens with one attached hydrogen (secondary N) is 4. The van der Waals surface area contributed by atoms with Gasteiger partial charge in [0.05, 0.1) is 25.2 Å². The van der Waals surface area contributed by atoms with Gasteiger partial charge in [-0.05, 0) is 71.5 Å². The lowest BCUT2D eigenvalue weighted by atomic mass is 9.83. The second-order valence-corrected chi connectivity index (χ2v) is 15.6. The summed E-state index contributed by atoms with van der Waals surface area (Å²) in [5, 5.41) is 11.5. The molecule has 1 saturated heterocycles. The van der Waals surface area contributed by atoms with Crippen molar-refractivity contribution < 1.29 is 33.4 Å². The first-order chi connectivity index (χ1) is 24.7. The van der Waals surface area contributed by atoms with Gasteiger partial charge in [-0.1, -0.05) is 66.2 Å². The largest absolute Gasteiger partial charge is 0.379 e.